The third kappa shape index (κ3) is 5.05. The van der Waals surface area contributed by atoms with Gasteiger partial charge in [0.15, 0.2) is 5.82 Å². The average Bonchev–Trinajstić information content (AvgIpc) is 3.02. The molecule has 2 aromatic rings. The van der Waals surface area contributed by atoms with Crippen LogP contribution >= 0.6 is 11.8 Å². The summed E-state index contributed by atoms with van der Waals surface area (Å²) in [6, 6.07) is 5.27. The van der Waals surface area contributed by atoms with Gasteiger partial charge in [0.1, 0.15) is 0 Å². The highest BCUT2D eigenvalue weighted by Gasteiger charge is 2.24. The van der Waals surface area contributed by atoms with Crippen LogP contribution in [-0.2, 0) is 14.8 Å². The number of carbonyl (C=O) groups excluding carboxylic acids is 2. The first-order valence-corrected chi connectivity index (χ1v) is 11.0. The Bertz CT molecular complexity index is 1000. The fraction of sp³-hybridized carbons (Fsp3) is 0.375. The number of hydrogen-bond donors (Lipinski definition) is 3. The minimum absolute atomic E-state index is 0.116. The first-order chi connectivity index (χ1) is 13.6. The van der Waals surface area contributed by atoms with Gasteiger partial charge < -0.3 is 11.6 Å². The number of primary amides is 1. The normalized spacial score (nSPS) is 12.7. The number of carbonyl (C=O) groups is 2. The van der Waals surface area contributed by atoms with Crippen molar-refractivity contribution in [2.45, 2.75) is 36.1 Å². The van der Waals surface area contributed by atoms with E-state index in [4.69, 9.17) is 11.6 Å². The van der Waals surface area contributed by atoms with Gasteiger partial charge in [-0.1, -0.05) is 37.7 Å². The predicted octanol–water partition coefficient (Wildman–Crippen LogP) is 0.365. The van der Waals surface area contributed by atoms with E-state index in [0.29, 0.717) is 18.7 Å². The lowest BCUT2D eigenvalue weighted by Gasteiger charge is -2.18. The molecule has 0 radical (unpaired) electrons. The summed E-state index contributed by atoms with van der Waals surface area (Å²) in [5.41, 5.74) is 5.39. The first kappa shape index (κ1) is 22.6. The lowest BCUT2D eigenvalue weighted by molar-refractivity contribution is -0.119. The third-order valence-electron chi connectivity index (χ3n) is 4.00. The Labute approximate surface area is 172 Å². The molecule has 1 aromatic carbocycles. The Morgan fingerprint density at radius 2 is 1.93 bits per heavy atom. The SMILES string of the molecule is CCN(CC)S(=O)(=O)c1cccc(-c2nnc(SC(C)C(=O)NC(N)=O)n2N)c1. The number of hydrogen-bond acceptors (Lipinski definition) is 8. The van der Waals surface area contributed by atoms with Gasteiger partial charge in [0.05, 0.1) is 10.1 Å². The molecule has 0 fully saturated rings. The fourth-order valence-electron chi connectivity index (χ4n) is 2.50. The summed E-state index contributed by atoms with van der Waals surface area (Å²) in [5, 5.41) is 9.43. The molecule has 0 aliphatic heterocycles. The summed E-state index contributed by atoms with van der Waals surface area (Å²) in [6.45, 7) is 5.78. The molecular formula is C16H23N7O4S2. The van der Waals surface area contributed by atoms with E-state index in [1.54, 1.807) is 32.9 Å². The zero-order valence-corrected chi connectivity index (χ0v) is 17.8. The molecule has 158 valence electrons. The van der Waals surface area contributed by atoms with Gasteiger partial charge in [0, 0.05) is 18.7 Å². The second kappa shape index (κ2) is 9.24. The van der Waals surface area contributed by atoms with Crippen LogP contribution in [0.2, 0.25) is 0 Å². The standard InChI is InChI=1S/C16H23N7O4S2/c1-4-22(5-2)29(26,27)12-8-6-7-11(9-12)13-20-21-16(23(13)18)28-10(3)14(24)19-15(17)25/h6-10H,4-5,18H2,1-3H3,(H3,17,19,24,25). The van der Waals surface area contributed by atoms with Crippen LogP contribution in [0.5, 0.6) is 0 Å². The predicted molar refractivity (Wildman–Crippen MR) is 109 cm³/mol. The van der Waals surface area contributed by atoms with Crippen LogP contribution in [0.1, 0.15) is 20.8 Å². The van der Waals surface area contributed by atoms with Crippen LogP contribution in [0.3, 0.4) is 0 Å². The van der Waals surface area contributed by atoms with Crippen molar-refractivity contribution in [3.63, 3.8) is 0 Å². The summed E-state index contributed by atoms with van der Waals surface area (Å²) < 4.78 is 28.0. The van der Waals surface area contributed by atoms with E-state index < -0.39 is 27.2 Å². The van der Waals surface area contributed by atoms with E-state index >= 15 is 0 Å². The van der Waals surface area contributed by atoms with Crippen molar-refractivity contribution in [1.29, 1.82) is 0 Å². The molecule has 11 nitrogen and oxygen atoms in total. The third-order valence-corrected chi connectivity index (χ3v) is 7.10. The van der Waals surface area contributed by atoms with Gasteiger partial charge in [-0.15, -0.1) is 10.2 Å². The Hall–Kier alpha value is -2.64. The quantitative estimate of drug-likeness (QED) is 0.390. The van der Waals surface area contributed by atoms with Crippen molar-refractivity contribution in [2.75, 3.05) is 18.9 Å². The number of amides is 3. The Balaban J connectivity index is 2.31. The fourth-order valence-corrected chi connectivity index (χ4v) is 4.77. The van der Waals surface area contributed by atoms with Crippen molar-refractivity contribution < 1.29 is 18.0 Å². The first-order valence-electron chi connectivity index (χ1n) is 8.69. The minimum atomic E-state index is -3.65. The molecule has 0 bridgehead atoms. The number of rotatable bonds is 8. The van der Waals surface area contributed by atoms with Crippen molar-refractivity contribution in [2.24, 2.45) is 5.73 Å². The van der Waals surface area contributed by atoms with Crippen molar-refractivity contribution in [3.05, 3.63) is 24.3 Å². The average molecular weight is 442 g/mol. The van der Waals surface area contributed by atoms with E-state index in [2.05, 4.69) is 10.2 Å². The highest BCUT2D eigenvalue weighted by Crippen LogP contribution is 2.27. The number of imide groups is 1. The summed E-state index contributed by atoms with van der Waals surface area (Å²) in [5.74, 6) is 5.67. The zero-order valence-electron chi connectivity index (χ0n) is 16.2. The molecule has 1 atom stereocenters. The van der Waals surface area contributed by atoms with Gasteiger partial charge in [0.25, 0.3) is 0 Å². The Morgan fingerprint density at radius 1 is 1.28 bits per heavy atom. The summed E-state index contributed by atoms with van der Waals surface area (Å²) in [4.78, 5) is 22.7. The van der Waals surface area contributed by atoms with E-state index in [1.807, 2.05) is 5.32 Å². The molecule has 0 saturated carbocycles. The van der Waals surface area contributed by atoms with Gasteiger partial charge in [0.2, 0.25) is 21.1 Å². The summed E-state index contributed by atoms with van der Waals surface area (Å²) >= 11 is 0.976. The van der Waals surface area contributed by atoms with Crippen LogP contribution in [0.25, 0.3) is 11.4 Å². The van der Waals surface area contributed by atoms with Gasteiger partial charge in [-0.25, -0.2) is 17.9 Å². The number of benzene rings is 1. The second-order valence-corrected chi connectivity index (χ2v) is 9.15. The molecule has 0 aliphatic carbocycles. The molecule has 1 unspecified atom stereocenters. The Kier molecular flexibility index (Phi) is 7.21. The molecule has 13 heteroatoms. The van der Waals surface area contributed by atoms with Crippen molar-refractivity contribution in [1.82, 2.24) is 24.5 Å². The molecular weight excluding hydrogens is 418 g/mol. The van der Waals surface area contributed by atoms with Gasteiger partial charge >= 0.3 is 6.03 Å². The zero-order chi connectivity index (χ0) is 21.8. The molecule has 29 heavy (non-hydrogen) atoms. The molecule has 5 N–H and O–H groups in total. The number of aromatic nitrogens is 3. The van der Waals surface area contributed by atoms with E-state index in [9.17, 15) is 18.0 Å². The molecule has 0 spiro atoms. The maximum absolute atomic E-state index is 12.7. The number of thioether (sulfide) groups is 1. The lowest BCUT2D eigenvalue weighted by Crippen LogP contribution is -2.39. The topological polar surface area (TPSA) is 166 Å². The van der Waals surface area contributed by atoms with Crippen molar-refractivity contribution >= 4 is 33.7 Å². The van der Waals surface area contributed by atoms with Crippen LogP contribution in [0, 0.1) is 0 Å². The molecule has 3 amide bonds. The highest BCUT2D eigenvalue weighted by atomic mass is 32.2. The molecule has 0 aliphatic rings. The van der Waals surface area contributed by atoms with Gasteiger partial charge in [-0.3, -0.25) is 10.1 Å². The maximum Gasteiger partial charge on any atom is 0.318 e. The van der Waals surface area contributed by atoms with Gasteiger partial charge in [-0.05, 0) is 19.1 Å². The monoisotopic (exact) mass is 441 g/mol. The number of urea groups is 1. The van der Waals surface area contributed by atoms with Crippen LogP contribution in [0.15, 0.2) is 34.3 Å². The number of nitrogens with zero attached hydrogens (tertiary/aromatic N) is 4. The van der Waals surface area contributed by atoms with Gasteiger partial charge in [-0.2, -0.15) is 4.31 Å². The Morgan fingerprint density at radius 3 is 2.52 bits per heavy atom. The molecule has 0 saturated heterocycles. The summed E-state index contributed by atoms with van der Waals surface area (Å²) in [7, 11) is -3.65. The molecule has 1 aromatic heterocycles. The number of sulfonamides is 1. The smallest absolute Gasteiger partial charge is 0.318 e. The summed E-state index contributed by atoms with van der Waals surface area (Å²) in [6.07, 6.45) is 0. The number of nitrogens with one attached hydrogen (secondary N) is 1. The van der Waals surface area contributed by atoms with E-state index in [1.165, 1.54) is 16.4 Å². The highest BCUT2D eigenvalue weighted by molar-refractivity contribution is 8.00. The number of nitrogens with two attached hydrogens (primary N) is 2. The van der Waals surface area contributed by atoms with E-state index in [0.717, 1.165) is 16.4 Å². The molecule has 2 rings (SSSR count). The lowest BCUT2D eigenvalue weighted by atomic mass is 10.2. The van der Waals surface area contributed by atoms with Crippen LogP contribution in [0.4, 0.5) is 4.79 Å². The van der Waals surface area contributed by atoms with Crippen molar-refractivity contribution in [3.8, 4) is 11.4 Å². The minimum Gasteiger partial charge on any atom is -0.351 e. The largest absolute Gasteiger partial charge is 0.351 e. The van der Waals surface area contributed by atoms with Crippen LogP contribution < -0.4 is 16.9 Å². The van der Waals surface area contributed by atoms with Crippen LogP contribution in [-0.4, -0.2) is 57.9 Å². The second-order valence-electron chi connectivity index (χ2n) is 5.91. The number of nitrogen functional groups attached to an aromatic ring is 1. The van der Waals surface area contributed by atoms with E-state index in [-0.39, 0.29) is 15.9 Å². The maximum atomic E-state index is 12.7. The molecule has 1 heterocycles.